The fourth-order valence-corrected chi connectivity index (χ4v) is 2.38. The molecular formula is C15H30N4. The molecule has 110 valence electrons. The number of aromatic nitrogens is 2. The van der Waals surface area contributed by atoms with Crippen molar-refractivity contribution in [2.75, 3.05) is 0 Å². The normalized spacial score (nSPS) is 12.8. The van der Waals surface area contributed by atoms with E-state index in [9.17, 15) is 0 Å². The summed E-state index contributed by atoms with van der Waals surface area (Å²) in [5.41, 5.74) is 4.12. The number of unbranched alkanes of at least 4 members (excludes halogenated alkanes) is 6. The molecule has 1 aromatic heterocycles. The third-order valence-electron chi connectivity index (χ3n) is 3.68. The maximum absolute atomic E-state index is 5.65. The third-order valence-corrected chi connectivity index (χ3v) is 3.68. The highest BCUT2D eigenvalue weighted by atomic mass is 15.3. The van der Waals surface area contributed by atoms with E-state index < -0.39 is 0 Å². The number of aryl methyl sites for hydroxylation is 1. The van der Waals surface area contributed by atoms with Gasteiger partial charge in [0.2, 0.25) is 0 Å². The van der Waals surface area contributed by atoms with Crippen molar-refractivity contribution in [3.8, 4) is 0 Å². The third kappa shape index (κ3) is 6.21. The van der Waals surface area contributed by atoms with Crippen molar-refractivity contribution >= 4 is 0 Å². The molecule has 4 nitrogen and oxygen atoms in total. The van der Waals surface area contributed by atoms with Crippen LogP contribution in [0.25, 0.3) is 0 Å². The van der Waals surface area contributed by atoms with Gasteiger partial charge in [0.05, 0.1) is 6.20 Å². The van der Waals surface area contributed by atoms with Gasteiger partial charge in [-0.05, 0) is 13.3 Å². The second-order valence-electron chi connectivity index (χ2n) is 5.26. The van der Waals surface area contributed by atoms with Crippen LogP contribution in [0, 0.1) is 0 Å². The van der Waals surface area contributed by atoms with Gasteiger partial charge in [-0.15, -0.1) is 0 Å². The molecule has 19 heavy (non-hydrogen) atoms. The van der Waals surface area contributed by atoms with Gasteiger partial charge in [0.25, 0.3) is 0 Å². The molecule has 1 aromatic rings. The summed E-state index contributed by atoms with van der Waals surface area (Å²) in [6.45, 7) is 5.26. The molecule has 0 bridgehead atoms. The highest BCUT2D eigenvalue weighted by molar-refractivity contribution is 5.09. The monoisotopic (exact) mass is 266 g/mol. The summed E-state index contributed by atoms with van der Waals surface area (Å²) in [5.74, 6) is 5.65. The minimum atomic E-state index is 0.246. The van der Waals surface area contributed by atoms with Crippen molar-refractivity contribution in [3.63, 3.8) is 0 Å². The van der Waals surface area contributed by atoms with Crippen LogP contribution in [0.4, 0.5) is 0 Å². The molecule has 1 unspecified atom stereocenters. The van der Waals surface area contributed by atoms with Crippen LogP contribution in [-0.2, 0) is 6.54 Å². The number of rotatable bonds is 11. The number of hydrogen-bond donors (Lipinski definition) is 2. The van der Waals surface area contributed by atoms with E-state index in [1.165, 1.54) is 50.5 Å². The number of hydrogen-bond acceptors (Lipinski definition) is 3. The first-order valence-corrected chi connectivity index (χ1v) is 7.80. The first-order chi connectivity index (χ1) is 9.31. The van der Waals surface area contributed by atoms with Crippen LogP contribution in [0.15, 0.2) is 12.4 Å². The molecule has 0 fully saturated rings. The number of nitrogens with two attached hydrogens (primary N) is 1. The fourth-order valence-electron chi connectivity index (χ4n) is 2.38. The maximum atomic E-state index is 5.65. The van der Waals surface area contributed by atoms with Crippen LogP contribution in [0.5, 0.6) is 0 Å². The Hall–Kier alpha value is -0.870. The van der Waals surface area contributed by atoms with Crippen LogP contribution < -0.4 is 11.3 Å². The molecule has 4 heteroatoms. The quantitative estimate of drug-likeness (QED) is 0.366. The second-order valence-corrected chi connectivity index (χ2v) is 5.26. The van der Waals surface area contributed by atoms with Crippen molar-refractivity contribution in [2.45, 2.75) is 77.8 Å². The molecule has 0 amide bonds. The molecule has 0 aromatic carbocycles. The van der Waals surface area contributed by atoms with Crippen molar-refractivity contribution < 1.29 is 0 Å². The van der Waals surface area contributed by atoms with Gasteiger partial charge in [0.15, 0.2) is 0 Å². The van der Waals surface area contributed by atoms with Crippen LogP contribution >= 0.6 is 0 Å². The molecule has 1 rings (SSSR count). The lowest BCUT2D eigenvalue weighted by molar-refractivity contribution is 0.475. The Balaban J connectivity index is 2.18. The molecule has 3 N–H and O–H groups in total. The van der Waals surface area contributed by atoms with Crippen LogP contribution in [0.2, 0.25) is 0 Å². The van der Waals surface area contributed by atoms with Gasteiger partial charge in [-0.3, -0.25) is 16.0 Å². The highest BCUT2D eigenvalue weighted by Crippen LogP contribution is 2.19. The summed E-state index contributed by atoms with van der Waals surface area (Å²) in [7, 11) is 0. The molecule has 1 atom stereocenters. The minimum absolute atomic E-state index is 0.246. The van der Waals surface area contributed by atoms with E-state index in [0.29, 0.717) is 0 Å². The lowest BCUT2D eigenvalue weighted by atomic mass is 10.0. The Morgan fingerprint density at radius 2 is 1.84 bits per heavy atom. The van der Waals surface area contributed by atoms with E-state index in [2.05, 4.69) is 30.6 Å². The summed E-state index contributed by atoms with van der Waals surface area (Å²) in [4.78, 5) is 0. The van der Waals surface area contributed by atoms with Gasteiger partial charge in [-0.25, -0.2) is 0 Å². The smallest absolute Gasteiger partial charge is 0.0538 e. The fraction of sp³-hybridized carbons (Fsp3) is 0.800. The molecule has 1 heterocycles. The second kappa shape index (κ2) is 9.98. The minimum Gasteiger partial charge on any atom is -0.273 e. The Kier molecular flexibility index (Phi) is 8.50. The standard InChI is InChI=1S/C15H30N4/c1-3-5-6-7-8-9-10-11-15(18-16)14-12-17-19(4-2)13-14/h12-13,15,18H,3-11,16H2,1-2H3. The first kappa shape index (κ1) is 16.2. The highest BCUT2D eigenvalue weighted by Gasteiger charge is 2.11. The van der Waals surface area contributed by atoms with Crippen molar-refractivity contribution in [1.29, 1.82) is 0 Å². The molecule has 0 aliphatic heterocycles. The van der Waals surface area contributed by atoms with Gasteiger partial charge in [0.1, 0.15) is 0 Å². The summed E-state index contributed by atoms with van der Waals surface area (Å²) in [6, 6.07) is 0.246. The number of nitrogens with zero attached hydrogens (tertiary/aromatic N) is 2. The van der Waals surface area contributed by atoms with Crippen LogP contribution in [-0.4, -0.2) is 9.78 Å². The van der Waals surface area contributed by atoms with E-state index in [1.54, 1.807) is 0 Å². The van der Waals surface area contributed by atoms with E-state index in [4.69, 9.17) is 5.84 Å². The lowest BCUT2D eigenvalue weighted by Crippen LogP contribution is -2.27. The molecular weight excluding hydrogens is 236 g/mol. The molecule has 0 spiro atoms. The summed E-state index contributed by atoms with van der Waals surface area (Å²) in [6.07, 6.45) is 14.5. The Labute approximate surface area is 117 Å². The van der Waals surface area contributed by atoms with Crippen molar-refractivity contribution in [2.24, 2.45) is 5.84 Å². The lowest BCUT2D eigenvalue weighted by Gasteiger charge is -2.13. The predicted octanol–water partition coefficient (Wildman–Crippen LogP) is 3.55. The zero-order chi connectivity index (χ0) is 13.9. The summed E-state index contributed by atoms with van der Waals surface area (Å²) >= 11 is 0. The van der Waals surface area contributed by atoms with Crippen molar-refractivity contribution in [3.05, 3.63) is 18.0 Å². The van der Waals surface area contributed by atoms with E-state index in [1.807, 2.05) is 10.9 Å². The summed E-state index contributed by atoms with van der Waals surface area (Å²) < 4.78 is 1.95. The van der Waals surface area contributed by atoms with Crippen LogP contribution in [0.1, 0.15) is 76.8 Å². The van der Waals surface area contributed by atoms with E-state index in [-0.39, 0.29) is 6.04 Å². The molecule has 0 aliphatic carbocycles. The molecule has 0 saturated heterocycles. The Morgan fingerprint density at radius 3 is 2.42 bits per heavy atom. The van der Waals surface area contributed by atoms with Gasteiger partial charge in [-0.1, -0.05) is 51.9 Å². The average molecular weight is 266 g/mol. The Bertz CT molecular complexity index is 322. The van der Waals surface area contributed by atoms with Gasteiger partial charge in [0, 0.05) is 24.3 Å². The predicted molar refractivity (Wildman–Crippen MR) is 80.6 cm³/mol. The SMILES string of the molecule is CCCCCCCCCC(NN)c1cnn(CC)c1. The number of nitrogens with one attached hydrogen (secondary N) is 1. The van der Waals surface area contributed by atoms with E-state index in [0.717, 1.165) is 13.0 Å². The van der Waals surface area contributed by atoms with Gasteiger partial charge < -0.3 is 0 Å². The average Bonchev–Trinajstić information content (AvgIpc) is 2.91. The van der Waals surface area contributed by atoms with Gasteiger partial charge >= 0.3 is 0 Å². The zero-order valence-electron chi connectivity index (χ0n) is 12.6. The maximum Gasteiger partial charge on any atom is 0.0538 e. The molecule has 0 saturated carbocycles. The zero-order valence-corrected chi connectivity index (χ0v) is 12.6. The number of hydrazine groups is 1. The molecule has 0 radical (unpaired) electrons. The topological polar surface area (TPSA) is 55.9 Å². The van der Waals surface area contributed by atoms with Crippen molar-refractivity contribution in [1.82, 2.24) is 15.2 Å². The molecule has 0 aliphatic rings. The summed E-state index contributed by atoms with van der Waals surface area (Å²) in [5, 5.41) is 4.30. The van der Waals surface area contributed by atoms with Gasteiger partial charge in [-0.2, -0.15) is 5.10 Å². The first-order valence-electron chi connectivity index (χ1n) is 7.80. The Morgan fingerprint density at radius 1 is 1.16 bits per heavy atom. The van der Waals surface area contributed by atoms with E-state index >= 15 is 0 Å². The van der Waals surface area contributed by atoms with Crippen LogP contribution in [0.3, 0.4) is 0 Å². The largest absolute Gasteiger partial charge is 0.273 e.